The van der Waals surface area contributed by atoms with Crippen molar-refractivity contribution in [3.8, 4) is 11.1 Å². The number of nitrogens with two attached hydrogens (primary N) is 1. The molecule has 0 unspecified atom stereocenters. The van der Waals surface area contributed by atoms with E-state index >= 15 is 0 Å². The zero-order valence-electron chi connectivity index (χ0n) is 17.9. The summed E-state index contributed by atoms with van der Waals surface area (Å²) in [6.07, 6.45) is 1.76. The van der Waals surface area contributed by atoms with Gasteiger partial charge in [-0.3, -0.25) is 14.6 Å². The fraction of sp³-hybridized carbons (Fsp3) is 0.154. The molecule has 5 rings (SSSR count). The van der Waals surface area contributed by atoms with E-state index < -0.39 is 5.91 Å². The minimum absolute atomic E-state index is 0.131. The highest BCUT2D eigenvalue weighted by Gasteiger charge is 2.16. The quantitative estimate of drug-likeness (QED) is 0.479. The molecule has 2 heterocycles. The van der Waals surface area contributed by atoms with Crippen molar-refractivity contribution in [3.05, 3.63) is 89.6 Å². The predicted molar refractivity (Wildman–Crippen MR) is 126 cm³/mol. The number of nitrogens with zero attached hydrogens (tertiary/aromatic N) is 3. The van der Waals surface area contributed by atoms with Crippen LogP contribution in [0.4, 0.5) is 5.82 Å². The Morgan fingerprint density at radius 3 is 2.48 bits per heavy atom. The number of primary amides is 1. The van der Waals surface area contributed by atoms with Crippen molar-refractivity contribution in [1.29, 1.82) is 0 Å². The molecule has 1 saturated heterocycles. The fourth-order valence-corrected chi connectivity index (χ4v) is 4.03. The smallest absolute Gasteiger partial charge is 0.249 e. The third kappa shape index (κ3) is 4.18. The van der Waals surface area contributed by atoms with Gasteiger partial charge >= 0.3 is 0 Å². The topological polar surface area (TPSA) is 98.4 Å². The van der Waals surface area contributed by atoms with E-state index in [0.29, 0.717) is 41.0 Å². The third-order valence-electron chi connectivity index (χ3n) is 5.76. The fourth-order valence-electron chi connectivity index (χ4n) is 4.03. The van der Waals surface area contributed by atoms with E-state index in [2.05, 4.69) is 9.88 Å². The molecule has 1 aromatic heterocycles. The van der Waals surface area contributed by atoms with E-state index in [1.807, 2.05) is 24.3 Å². The molecule has 1 aliphatic heterocycles. The summed E-state index contributed by atoms with van der Waals surface area (Å²) in [5, 5.41) is 0. The second kappa shape index (κ2) is 8.80. The number of carbonyl (C=O) groups is 2. The molecule has 164 valence electrons. The Labute approximate surface area is 190 Å². The van der Waals surface area contributed by atoms with Gasteiger partial charge in [0.1, 0.15) is 5.82 Å². The minimum atomic E-state index is -0.508. The van der Waals surface area contributed by atoms with Crippen LogP contribution in [0.25, 0.3) is 22.2 Å². The standard InChI is InChI=1S/C26H22N4O3/c27-26(32)21-7-2-1-6-20(21)17-4-3-5-18(14-17)25(31)19-8-9-22-23(15-19)29-24(16-28-22)30-10-12-33-13-11-30/h1-9,14-16H,10-13H2,(H2,27,32). The summed E-state index contributed by atoms with van der Waals surface area (Å²) in [4.78, 5) is 36.5. The summed E-state index contributed by atoms with van der Waals surface area (Å²) < 4.78 is 5.41. The number of anilines is 1. The van der Waals surface area contributed by atoms with Crippen molar-refractivity contribution < 1.29 is 14.3 Å². The lowest BCUT2D eigenvalue weighted by molar-refractivity contribution is 0.0999. The summed E-state index contributed by atoms with van der Waals surface area (Å²) in [6, 6.07) is 19.7. The summed E-state index contributed by atoms with van der Waals surface area (Å²) >= 11 is 0. The van der Waals surface area contributed by atoms with Gasteiger partial charge in [0.25, 0.3) is 0 Å². The van der Waals surface area contributed by atoms with Gasteiger partial charge in [0, 0.05) is 29.8 Å². The lowest BCUT2D eigenvalue weighted by atomic mass is 9.95. The van der Waals surface area contributed by atoms with Crippen LogP contribution in [-0.4, -0.2) is 48.0 Å². The Bertz CT molecular complexity index is 1360. The van der Waals surface area contributed by atoms with Gasteiger partial charge in [-0.25, -0.2) is 4.98 Å². The van der Waals surface area contributed by atoms with E-state index in [1.165, 1.54) is 0 Å². The first-order valence-corrected chi connectivity index (χ1v) is 10.7. The van der Waals surface area contributed by atoms with Crippen LogP contribution in [0.1, 0.15) is 26.3 Å². The SMILES string of the molecule is NC(=O)c1ccccc1-c1cccc(C(=O)c2ccc3ncc(N4CCOCC4)nc3c2)c1. The number of aromatic nitrogens is 2. The third-order valence-corrected chi connectivity index (χ3v) is 5.76. The van der Waals surface area contributed by atoms with Gasteiger partial charge in [-0.05, 0) is 41.5 Å². The molecule has 0 bridgehead atoms. The number of hydrogen-bond acceptors (Lipinski definition) is 6. The summed E-state index contributed by atoms with van der Waals surface area (Å²) in [6.45, 7) is 2.84. The van der Waals surface area contributed by atoms with Crippen molar-refractivity contribution >= 4 is 28.5 Å². The van der Waals surface area contributed by atoms with Crippen molar-refractivity contribution in [1.82, 2.24) is 9.97 Å². The number of amides is 1. The molecule has 33 heavy (non-hydrogen) atoms. The average Bonchev–Trinajstić information content (AvgIpc) is 2.88. The number of rotatable bonds is 5. The van der Waals surface area contributed by atoms with E-state index in [-0.39, 0.29) is 5.78 Å². The molecule has 0 atom stereocenters. The van der Waals surface area contributed by atoms with Crippen molar-refractivity contribution in [2.45, 2.75) is 0 Å². The molecule has 0 radical (unpaired) electrons. The molecule has 2 N–H and O–H groups in total. The zero-order chi connectivity index (χ0) is 22.8. The number of benzene rings is 3. The van der Waals surface area contributed by atoms with Crippen molar-refractivity contribution in [2.24, 2.45) is 5.73 Å². The van der Waals surface area contributed by atoms with E-state index in [9.17, 15) is 9.59 Å². The van der Waals surface area contributed by atoms with Crippen LogP contribution < -0.4 is 10.6 Å². The van der Waals surface area contributed by atoms with E-state index in [1.54, 1.807) is 48.7 Å². The first-order chi connectivity index (χ1) is 16.1. The van der Waals surface area contributed by atoms with Gasteiger partial charge in [0.05, 0.1) is 30.4 Å². The van der Waals surface area contributed by atoms with Crippen LogP contribution in [0.5, 0.6) is 0 Å². The maximum absolute atomic E-state index is 13.3. The predicted octanol–water partition coefficient (Wildman–Crippen LogP) is 3.46. The second-order valence-electron chi connectivity index (χ2n) is 7.85. The first kappa shape index (κ1) is 20.8. The molecular weight excluding hydrogens is 416 g/mol. The maximum Gasteiger partial charge on any atom is 0.249 e. The van der Waals surface area contributed by atoms with Crippen LogP contribution in [0.3, 0.4) is 0 Å². The van der Waals surface area contributed by atoms with Crippen molar-refractivity contribution in [2.75, 3.05) is 31.2 Å². The van der Waals surface area contributed by atoms with E-state index in [0.717, 1.165) is 30.0 Å². The Hall–Kier alpha value is -4.10. The Kier molecular flexibility index (Phi) is 5.54. The highest BCUT2D eigenvalue weighted by atomic mass is 16.5. The van der Waals surface area contributed by atoms with Crippen LogP contribution in [0, 0.1) is 0 Å². The number of carbonyl (C=O) groups excluding carboxylic acids is 2. The van der Waals surface area contributed by atoms with Gasteiger partial charge in [0.2, 0.25) is 5.91 Å². The van der Waals surface area contributed by atoms with Crippen LogP contribution in [-0.2, 0) is 4.74 Å². The molecule has 4 aromatic rings. The molecule has 0 saturated carbocycles. The number of fused-ring (bicyclic) bond motifs is 1. The number of morpholine rings is 1. The highest BCUT2D eigenvalue weighted by molar-refractivity contribution is 6.11. The van der Waals surface area contributed by atoms with Gasteiger partial charge in [0.15, 0.2) is 5.78 Å². The first-order valence-electron chi connectivity index (χ1n) is 10.7. The Morgan fingerprint density at radius 1 is 0.879 bits per heavy atom. The molecule has 3 aromatic carbocycles. The van der Waals surface area contributed by atoms with Gasteiger partial charge in [-0.2, -0.15) is 0 Å². The number of ether oxygens (including phenoxy) is 1. The molecule has 7 nitrogen and oxygen atoms in total. The Morgan fingerprint density at radius 2 is 1.67 bits per heavy atom. The lowest BCUT2D eigenvalue weighted by Gasteiger charge is -2.27. The molecule has 1 fully saturated rings. The molecule has 7 heteroatoms. The Balaban J connectivity index is 1.49. The van der Waals surface area contributed by atoms with Crippen LogP contribution in [0.2, 0.25) is 0 Å². The lowest BCUT2D eigenvalue weighted by Crippen LogP contribution is -2.36. The maximum atomic E-state index is 13.3. The van der Waals surface area contributed by atoms with Crippen LogP contribution >= 0.6 is 0 Å². The summed E-state index contributed by atoms with van der Waals surface area (Å²) in [5.41, 5.74) is 9.83. The highest BCUT2D eigenvalue weighted by Crippen LogP contribution is 2.26. The molecular formula is C26H22N4O3. The average molecular weight is 438 g/mol. The molecule has 0 spiro atoms. The van der Waals surface area contributed by atoms with E-state index in [4.69, 9.17) is 15.5 Å². The second-order valence-corrected chi connectivity index (χ2v) is 7.85. The van der Waals surface area contributed by atoms with Crippen LogP contribution in [0.15, 0.2) is 72.9 Å². The molecule has 1 amide bonds. The van der Waals surface area contributed by atoms with Gasteiger partial charge in [-0.1, -0.05) is 36.4 Å². The zero-order valence-corrected chi connectivity index (χ0v) is 17.9. The summed E-state index contributed by atoms with van der Waals surface area (Å²) in [7, 11) is 0. The summed E-state index contributed by atoms with van der Waals surface area (Å²) in [5.74, 6) is 0.140. The van der Waals surface area contributed by atoms with Gasteiger partial charge in [-0.15, -0.1) is 0 Å². The van der Waals surface area contributed by atoms with Gasteiger partial charge < -0.3 is 15.4 Å². The minimum Gasteiger partial charge on any atom is -0.378 e. The number of ketones is 1. The normalized spacial score (nSPS) is 13.8. The molecule has 0 aliphatic carbocycles. The number of hydrogen-bond donors (Lipinski definition) is 1. The molecule has 1 aliphatic rings. The monoisotopic (exact) mass is 438 g/mol. The van der Waals surface area contributed by atoms with Crippen molar-refractivity contribution in [3.63, 3.8) is 0 Å². The largest absolute Gasteiger partial charge is 0.378 e.